The molecule has 0 atom stereocenters. The van der Waals surface area contributed by atoms with E-state index in [9.17, 15) is 14.4 Å². The second-order valence-electron chi connectivity index (χ2n) is 15.3. The van der Waals surface area contributed by atoms with E-state index in [1.54, 1.807) is 39.3 Å². The predicted molar refractivity (Wildman–Crippen MR) is 257 cm³/mol. The van der Waals surface area contributed by atoms with Crippen LogP contribution in [0.4, 0.5) is 17.1 Å². The Kier molecular flexibility index (Phi) is 9.91. The van der Waals surface area contributed by atoms with E-state index in [0.29, 0.717) is 49.8 Å². The van der Waals surface area contributed by atoms with Crippen LogP contribution in [0.25, 0.3) is 65.0 Å². The summed E-state index contributed by atoms with van der Waals surface area (Å²) in [6.45, 7) is 0. The van der Waals surface area contributed by atoms with Gasteiger partial charge in [0.2, 0.25) is 0 Å². The number of fused-ring (bicyclic) bond motifs is 9. The number of amides is 3. The maximum atomic E-state index is 14.5. The molecule has 7 aromatic carbocycles. The van der Waals surface area contributed by atoms with Gasteiger partial charge in [0.25, 0.3) is 17.7 Å². The van der Waals surface area contributed by atoms with Crippen LogP contribution in [0.2, 0.25) is 15.1 Å². The lowest BCUT2D eigenvalue weighted by molar-refractivity contribution is 0.0986. The summed E-state index contributed by atoms with van der Waals surface area (Å²) in [5.74, 6) is -1.38. The highest BCUT2D eigenvalue weighted by atomic mass is 35.5. The second kappa shape index (κ2) is 15.6. The van der Waals surface area contributed by atoms with Gasteiger partial charge < -0.3 is 14.7 Å². The van der Waals surface area contributed by atoms with Crippen LogP contribution in [0.15, 0.2) is 146 Å². The number of aromatic nitrogens is 3. The molecule has 3 amide bonds. The molecule has 306 valence electrons. The van der Waals surface area contributed by atoms with Crippen LogP contribution in [0.5, 0.6) is 0 Å². The Balaban J connectivity index is 1.06. The number of benzene rings is 7. The van der Waals surface area contributed by atoms with Crippen molar-refractivity contribution in [3.8, 4) is 0 Å². The van der Waals surface area contributed by atoms with Gasteiger partial charge in [0.05, 0.1) is 48.3 Å². The lowest BCUT2D eigenvalue weighted by atomic mass is 10.0. The van der Waals surface area contributed by atoms with E-state index in [0.717, 1.165) is 32.3 Å². The Morgan fingerprint density at radius 1 is 0.381 bits per heavy atom. The summed E-state index contributed by atoms with van der Waals surface area (Å²) in [5.41, 5.74) is 3.59. The monoisotopic (exact) mass is 882 g/mol. The molecular formula is C51H33Cl3N6O3. The third kappa shape index (κ3) is 6.64. The third-order valence-corrected chi connectivity index (χ3v) is 13.0. The quantitative estimate of drug-likeness (QED) is 0.154. The minimum atomic E-state index is -0.461. The largest absolute Gasteiger partial charge is 0.311 e. The van der Waals surface area contributed by atoms with Gasteiger partial charge in [0.1, 0.15) is 0 Å². The summed E-state index contributed by atoms with van der Waals surface area (Å²) < 4.78 is 0. The van der Waals surface area contributed by atoms with E-state index in [2.05, 4.69) is 0 Å². The minimum Gasteiger partial charge on any atom is -0.311 e. The lowest BCUT2D eigenvalue weighted by Gasteiger charge is -2.26. The van der Waals surface area contributed by atoms with Gasteiger partial charge >= 0.3 is 0 Å². The van der Waals surface area contributed by atoms with Gasteiger partial charge in [0, 0.05) is 89.1 Å². The van der Waals surface area contributed by atoms with E-state index < -0.39 is 17.7 Å². The highest BCUT2D eigenvalue weighted by molar-refractivity contribution is 6.41. The normalized spacial score (nSPS) is 11.5. The zero-order valence-corrected chi connectivity index (χ0v) is 36.2. The predicted octanol–water partition coefficient (Wildman–Crippen LogP) is 12.6. The molecule has 10 rings (SSSR count). The number of nitrogens with zero attached hydrogens (tertiary/aromatic N) is 6. The molecule has 0 saturated heterocycles. The third-order valence-electron chi connectivity index (χ3n) is 11.7. The molecule has 0 saturated carbocycles. The number of anilines is 3. The van der Waals surface area contributed by atoms with Crippen molar-refractivity contribution in [2.75, 3.05) is 35.8 Å². The summed E-state index contributed by atoms with van der Waals surface area (Å²) >= 11 is 21.0. The second-order valence-corrected chi connectivity index (χ2v) is 16.4. The number of hydrogen-bond acceptors (Lipinski definition) is 6. The van der Waals surface area contributed by atoms with Crippen molar-refractivity contribution in [2.45, 2.75) is 0 Å². The van der Waals surface area contributed by atoms with E-state index in [1.807, 2.05) is 109 Å². The van der Waals surface area contributed by atoms with E-state index in [4.69, 9.17) is 49.8 Å². The number of pyridine rings is 3. The minimum absolute atomic E-state index is 0.172. The fourth-order valence-corrected chi connectivity index (χ4v) is 9.05. The topological polar surface area (TPSA) is 99.6 Å². The van der Waals surface area contributed by atoms with Crippen molar-refractivity contribution in [2.24, 2.45) is 0 Å². The van der Waals surface area contributed by atoms with Gasteiger partial charge in [-0.25, -0.2) is 0 Å². The fraction of sp³-hybridized carbons (Fsp3) is 0.0588. The van der Waals surface area contributed by atoms with Crippen LogP contribution < -0.4 is 14.7 Å². The number of hydrogen-bond donors (Lipinski definition) is 0. The van der Waals surface area contributed by atoms with E-state index in [-0.39, 0.29) is 31.8 Å². The fourth-order valence-electron chi connectivity index (χ4n) is 8.21. The van der Waals surface area contributed by atoms with Gasteiger partial charge in [-0.2, -0.15) is 0 Å². The summed E-state index contributed by atoms with van der Waals surface area (Å²) in [6, 6.07) is 39.9. The summed E-state index contributed by atoms with van der Waals surface area (Å²) in [5, 5.41) is 8.33. The van der Waals surface area contributed by atoms with Crippen LogP contribution in [0.1, 0.15) is 31.1 Å². The van der Waals surface area contributed by atoms with Crippen molar-refractivity contribution in [1.82, 2.24) is 15.0 Å². The SMILES string of the molecule is CN(C(=O)c1cnc2c(ccc3ccccc32)c1Cl)c1cc(N(C)C(=O)c2cnc3c(ccc4ccccc43)c2Cl)cc(N(C)C(=O)c2cnc3c(ccc4ccccc43)c2Cl)c1. The average molecular weight is 884 g/mol. The number of rotatable bonds is 6. The van der Waals surface area contributed by atoms with Crippen molar-refractivity contribution in [3.63, 3.8) is 0 Å². The molecule has 0 radical (unpaired) electrons. The van der Waals surface area contributed by atoms with Crippen LogP contribution in [0.3, 0.4) is 0 Å². The number of carbonyl (C=O) groups excluding carboxylic acids is 3. The van der Waals surface area contributed by atoms with Crippen LogP contribution in [0, 0.1) is 0 Å². The molecule has 3 aromatic heterocycles. The van der Waals surface area contributed by atoms with Crippen molar-refractivity contribution in [1.29, 1.82) is 0 Å². The molecule has 0 aliphatic carbocycles. The van der Waals surface area contributed by atoms with Gasteiger partial charge in [-0.05, 0) is 34.4 Å². The highest BCUT2D eigenvalue weighted by Gasteiger charge is 2.27. The molecule has 0 aliphatic rings. The maximum absolute atomic E-state index is 14.5. The first-order chi connectivity index (χ1) is 30.5. The molecule has 3 heterocycles. The summed E-state index contributed by atoms with van der Waals surface area (Å²) in [4.78, 5) is 61.7. The molecular weight excluding hydrogens is 851 g/mol. The molecule has 0 spiro atoms. The van der Waals surface area contributed by atoms with Crippen LogP contribution in [-0.4, -0.2) is 53.8 Å². The molecule has 0 aliphatic heterocycles. The maximum Gasteiger partial charge on any atom is 0.261 e. The van der Waals surface area contributed by atoms with Crippen LogP contribution >= 0.6 is 34.8 Å². The van der Waals surface area contributed by atoms with Crippen LogP contribution in [-0.2, 0) is 0 Å². The molecule has 10 aromatic rings. The van der Waals surface area contributed by atoms with Crippen molar-refractivity contribution >= 4 is 135 Å². The molecule has 0 fully saturated rings. The Labute approximate surface area is 375 Å². The Bertz CT molecular complexity index is 3210. The van der Waals surface area contributed by atoms with Crippen molar-refractivity contribution < 1.29 is 14.4 Å². The number of carbonyl (C=O) groups is 3. The van der Waals surface area contributed by atoms with Gasteiger partial charge in [-0.3, -0.25) is 29.3 Å². The van der Waals surface area contributed by atoms with E-state index in [1.165, 1.54) is 33.3 Å². The zero-order chi connectivity index (χ0) is 43.7. The highest BCUT2D eigenvalue weighted by Crippen LogP contribution is 2.38. The molecule has 12 heteroatoms. The average Bonchev–Trinajstić information content (AvgIpc) is 3.32. The molecule has 0 unspecified atom stereocenters. The molecule has 0 N–H and O–H groups in total. The van der Waals surface area contributed by atoms with Gasteiger partial charge in [-0.1, -0.05) is 144 Å². The Morgan fingerprint density at radius 2 is 0.651 bits per heavy atom. The number of halogens is 3. The first-order valence-corrected chi connectivity index (χ1v) is 21.0. The first-order valence-electron chi connectivity index (χ1n) is 19.9. The summed E-state index contributed by atoms with van der Waals surface area (Å²) in [6.07, 6.45) is 4.42. The van der Waals surface area contributed by atoms with Crippen molar-refractivity contribution in [3.05, 3.63) is 178 Å². The lowest BCUT2D eigenvalue weighted by Crippen LogP contribution is -2.31. The summed E-state index contributed by atoms with van der Waals surface area (Å²) in [7, 11) is 4.79. The first kappa shape index (κ1) is 39.9. The molecule has 9 nitrogen and oxygen atoms in total. The molecule has 63 heavy (non-hydrogen) atoms. The van der Waals surface area contributed by atoms with E-state index >= 15 is 0 Å². The smallest absolute Gasteiger partial charge is 0.261 e. The molecule has 0 bridgehead atoms. The van der Waals surface area contributed by atoms with Gasteiger partial charge in [-0.15, -0.1) is 0 Å². The standard InChI is InChI=1S/C51H33Cl3N6O3/c1-58(49(61)40-25-55-46-34-13-7-4-10-28(34)16-19-37(46)43(40)52)31-22-32(59(2)50(62)41-26-56-47-35-14-8-5-11-29(35)17-20-38(47)44(41)53)24-33(23-31)60(3)51(63)42-27-57-48-36-15-9-6-12-30(36)18-21-39(48)45(42)54/h4-27H,1-3H3. The zero-order valence-electron chi connectivity index (χ0n) is 33.9. The Hall–Kier alpha value is -7.17. The van der Waals surface area contributed by atoms with Gasteiger partial charge in [0.15, 0.2) is 0 Å². The Morgan fingerprint density at radius 3 is 0.937 bits per heavy atom.